The van der Waals surface area contributed by atoms with Gasteiger partial charge in [0.05, 0.1) is 12.7 Å². The van der Waals surface area contributed by atoms with Gasteiger partial charge in [-0.2, -0.15) is 0 Å². The average Bonchev–Trinajstić information content (AvgIpc) is 2.80. The summed E-state index contributed by atoms with van der Waals surface area (Å²) in [7, 11) is 5.33. The second kappa shape index (κ2) is 11.3. The lowest BCUT2D eigenvalue weighted by atomic mass is 10.0. The second-order valence-electron chi connectivity index (χ2n) is 7.92. The van der Waals surface area contributed by atoms with Gasteiger partial charge in [-0.1, -0.05) is 41.9 Å². The summed E-state index contributed by atoms with van der Waals surface area (Å²) in [5.74, 6) is 0.153. The fraction of sp³-hybridized carbons (Fsp3) is 0.417. The van der Waals surface area contributed by atoms with E-state index in [2.05, 4.69) is 0 Å². The molecule has 1 fully saturated rings. The first-order chi connectivity index (χ1) is 15.4. The molecule has 0 bridgehead atoms. The Bertz CT molecular complexity index is 929. The minimum atomic E-state index is -0.604. The number of piperazine rings is 1. The Morgan fingerprint density at radius 1 is 1.03 bits per heavy atom. The Morgan fingerprint density at radius 2 is 1.69 bits per heavy atom. The molecule has 32 heavy (non-hydrogen) atoms. The molecule has 1 saturated heterocycles. The van der Waals surface area contributed by atoms with E-state index in [-0.39, 0.29) is 11.9 Å². The molecule has 0 aromatic heterocycles. The standard InChI is InChI=1S/C24H30ClN3O4/c1-26(2)16-17-32-21-11-7-5-9-19(21)23(29)28-14-12-27(13-15-28)22(24(30)31-3)18-8-4-6-10-20(18)25/h4-11,22H,12-17H2,1-3H3. The number of esters is 1. The Balaban J connectivity index is 1.69. The lowest BCUT2D eigenvalue weighted by Crippen LogP contribution is -2.51. The number of hydrogen-bond acceptors (Lipinski definition) is 6. The first-order valence-corrected chi connectivity index (χ1v) is 11.0. The Morgan fingerprint density at radius 3 is 2.34 bits per heavy atom. The zero-order chi connectivity index (χ0) is 23.1. The molecule has 2 aromatic rings. The van der Waals surface area contributed by atoms with Crippen LogP contribution in [0.4, 0.5) is 0 Å². The predicted molar refractivity (Wildman–Crippen MR) is 124 cm³/mol. The van der Waals surface area contributed by atoms with Crippen molar-refractivity contribution in [1.82, 2.24) is 14.7 Å². The highest BCUT2D eigenvalue weighted by atomic mass is 35.5. The third-order valence-corrected chi connectivity index (χ3v) is 5.85. The Labute approximate surface area is 194 Å². The van der Waals surface area contributed by atoms with Gasteiger partial charge in [0.15, 0.2) is 0 Å². The van der Waals surface area contributed by atoms with E-state index in [9.17, 15) is 9.59 Å². The fourth-order valence-corrected chi connectivity index (χ4v) is 3.98. The molecule has 0 saturated carbocycles. The second-order valence-corrected chi connectivity index (χ2v) is 8.33. The van der Waals surface area contributed by atoms with E-state index < -0.39 is 6.04 Å². The maximum atomic E-state index is 13.2. The minimum Gasteiger partial charge on any atom is -0.491 e. The summed E-state index contributed by atoms with van der Waals surface area (Å²) >= 11 is 6.36. The number of ether oxygens (including phenoxy) is 2. The normalized spacial score (nSPS) is 15.5. The number of para-hydroxylation sites is 1. The number of amides is 1. The molecule has 7 nitrogen and oxygen atoms in total. The molecule has 3 rings (SSSR count). The number of halogens is 1. The van der Waals surface area contributed by atoms with Crippen LogP contribution in [0.15, 0.2) is 48.5 Å². The van der Waals surface area contributed by atoms with Gasteiger partial charge in [-0.05, 0) is 37.9 Å². The van der Waals surface area contributed by atoms with Gasteiger partial charge in [0.1, 0.15) is 18.4 Å². The van der Waals surface area contributed by atoms with Gasteiger partial charge in [-0.15, -0.1) is 0 Å². The van der Waals surface area contributed by atoms with Crippen molar-refractivity contribution < 1.29 is 19.1 Å². The number of rotatable bonds is 8. The molecule has 172 valence electrons. The van der Waals surface area contributed by atoms with E-state index in [1.165, 1.54) is 7.11 Å². The lowest BCUT2D eigenvalue weighted by Gasteiger charge is -2.38. The van der Waals surface area contributed by atoms with Crippen molar-refractivity contribution in [2.24, 2.45) is 0 Å². The highest BCUT2D eigenvalue weighted by molar-refractivity contribution is 6.31. The first kappa shape index (κ1) is 24.0. The Hall–Kier alpha value is -2.61. The highest BCUT2D eigenvalue weighted by Crippen LogP contribution is 2.30. The number of methoxy groups -OCH3 is 1. The topological polar surface area (TPSA) is 62.3 Å². The van der Waals surface area contributed by atoms with Crippen LogP contribution in [0.5, 0.6) is 5.75 Å². The molecule has 1 atom stereocenters. The van der Waals surface area contributed by atoms with Crippen LogP contribution in [0.25, 0.3) is 0 Å². The third-order valence-electron chi connectivity index (χ3n) is 5.50. The van der Waals surface area contributed by atoms with Gasteiger partial charge in [0.2, 0.25) is 0 Å². The van der Waals surface area contributed by atoms with Crippen LogP contribution < -0.4 is 4.74 Å². The van der Waals surface area contributed by atoms with E-state index in [0.717, 1.165) is 6.54 Å². The van der Waals surface area contributed by atoms with Crippen LogP contribution in [-0.2, 0) is 9.53 Å². The monoisotopic (exact) mass is 459 g/mol. The zero-order valence-corrected chi connectivity index (χ0v) is 19.5. The number of nitrogens with zero attached hydrogens (tertiary/aromatic N) is 3. The van der Waals surface area contributed by atoms with Crippen LogP contribution >= 0.6 is 11.6 Å². The van der Waals surface area contributed by atoms with Gasteiger partial charge in [0, 0.05) is 37.7 Å². The van der Waals surface area contributed by atoms with E-state index in [1.54, 1.807) is 17.0 Å². The highest BCUT2D eigenvalue weighted by Gasteiger charge is 2.34. The van der Waals surface area contributed by atoms with Crippen LogP contribution in [0.1, 0.15) is 22.0 Å². The SMILES string of the molecule is COC(=O)C(c1ccccc1Cl)N1CCN(C(=O)c2ccccc2OCCN(C)C)CC1. The third kappa shape index (κ3) is 5.79. The van der Waals surface area contributed by atoms with E-state index >= 15 is 0 Å². The van der Waals surface area contributed by atoms with Crippen molar-refractivity contribution in [3.63, 3.8) is 0 Å². The number of hydrogen-bond donors (Lipinski definition) is 0. The quantitative estimate of drug-likeness (QED) is 0.565. The van der Waals surface area contributed by atoms with Gasteiger partial charge in [-0.25, -0.2) is 4.79 Å². The molecule has 0 aliphatic carbocycles. The minimum absolute atomic E-state index is 0.0718. The molecule has 2 aromatic carbocycles. The van der Waals surface area contributed by atoms with Gasteiger partial charge in [-0.3, -0.25) is 9.69 Å². The van der Waals surface area contributed by atoms with E-state index in [0.29, 0.717) is 54.7 Å². The molecular formula is C24H30ClN3O4. The number of benzene rings is 2. The van der Waals surface area contributed by atoms with Crippen molar-refractivity contribution in [3.05, 3.63) is 64.7 Å². The van der Waals surface area contributed by atoms with Crippen molar-refractivity contribution in [2.75, 3.05) is 60.5 Å². The zero-order valence-electron chi connectivity index (χ0n) is 18.8. The molecule has 8 heteroatoms. The van der Waals surface area contributed by atoms with E-state index in [1.807, 2.05) is 60.3 Å². The predicted octanol–water partition coefficient (Wildman–Crippen LogP) is 2.95. The summed E-state index contributed by atoms with van der Waals surface area (Å²) in [6.45, 7) is 3.30. The smallest absolute Gasteiger partial charge is 0.327 e. The van der Waals surface area contributed by atoms with E-state index in [4.69, 9.17) is 21.1 Å². The molecule has 1 unspecified atom stereocenters. The van der Waals surface area contributed by atoms with Gasteiger partial charge < -0.3 is 19.3 Å². The molecule has 0 radical (unpaired) electrons. The average molecular weight is 460 g/mol. The lowest BCUT2D eigenvalue weighted by molar-refractivity contribution is -0.148. The summed E-state index contributed by atoms with van der Waals surface area (Å²) in [6, 6.07) is 14.0. The summed E-state index contributed by atoms with van der Waals surface area (Å²) in [6.07, 6.45) is 0. The van der Waals surface area contributed by atoms with Crippen LogP contribution in [0.3, 0.4) is 0 Å². The maximum Gasteiger partial charge on any atom is 0.327 e. The molecule has 1 amide bonds. The van der Waals surface area contributed by atoms with Crippen LogP contribution in [0.2, 0.25) is 5.02 Å². The van der Waals surface area contributed by atoms with Gasteiger partial charge in [0.25, 0.3) is 5.91 Å². The molecule has 0 spiro atoms. The van der Waals surface area contributed by atoms with Crippen molar-refractivity contribution >= 4 is 23.5 Å². The fourth-order valence-electron chi connectivity index (χ4n) is 3.74. The molecule has 1 aliphatic heterocycles. The molecule has 0 N–H and O–H groups in total. The van der Waals surface area contributed by atoms with Gasteiger partial charge >= 0.3 is 5.97 Å². The van der Waals surface area contributed by atoms with Crippen LogP contribution in [-0.4, -0.2) is 87.1 Å². The first-order valence-electron chi connectivity index (χ1n) is 10.6. The number of carbonyl (C=O) groups excluding carboxylic acids is 2. The largest absolute Gasteiger partial charge is 0.491 e. The van der Waals surface area contributed by atoms with Crippen molar-refractivity contribution in [2.45, 2.75) is 6.04 Å². The number of likely N-dealkylation sites (N-methyl/N-ethyl adjacent to an activating group) is 1. The van der Waals surface area contributed by atoms with Crippen LogP contribution in [0, 0.1) is 0 Å². The maximum absolute atomic E-state index is 13.2. The van der Waals surface area contributed by atoms with Crippen molar-refractivity contribution in [3.8, 4) is 5.75 Å². The summed E-state index contributed by atoms with van der Waals surface area (Å²) < 4.78 is 10.9. The Kier molecular flexibility index (Phi) is 8.50. The summed E-state index contributed by atoms with van der Waals surface area (Å²) in [5, 5.41) is 0.519. The summed E-state index contributed by atoms with van der Waals surface area (Å²) in [4.78, 5) is 31.6. The number of carbonyl (C=O) groups is 2. The molecule has 1 heterocycles. The molecular weight excluding hydrogens is 430 g/mol. The molecule has 1 aliphatic rings. The van der Waals surface area contributed by atoms with Crippen molar-refractivity contribution in [1.29, 1.82) is 0 Å². The summed E-state index contributed by atoms with van der Waals surface area (Å²) in [5.41, 5.74) is 1.26.